The van der Waals surface area contributed by atoms with Crippen LogP contribution in [-0.2, 0) is 11.3 Å². The molecule has 0 saturated heterocycles. The molecule has 0 unspecified atom stereocenters. The number of esters is 1. The predicted octanol–water partition coefficient (Wildman–Crippen LogP) is 3.38. The fourth-order valence-electron chi connectivity index (χ4n) is 3.40. The van der Waals surface area contributed by atoms with E-state index in [2.05, 4.69) is 10.3 Å². The number of ether oxygens (including phenoxy) is 1. The van der Waals surface area contributed by atoms with Gasteiger partial charge in [0.15, 0.2) is 5.11 Å². The van der Waals surface area contributed by atoms with Crippen molar-refractivity contribution in [2.75, 3.05) is 39.6 Å². The maximum Gasteiger partial charge on any atom is 0.339 e. The van der Waals surface area contributed by atoms with Crippen LogP contribution in [-0.4, -0.2) is 60.2 Å². The van der Waals surface area contributed by atoms with Gasteiger partial charge < -0.3 is 24.8 Å². The van der Waals surface area contributed by atoms with Crippen LogP contribution in [0.15, 0.2) is 53.3 Å². The lowest BCUT2D eigenvalue weighted by molar-refractivity contribution is 0.0602. The Bertz CT molecular complexity index is 1190. The molecule has 0 saturated carbocycles. The summed E-state index contributed by atoms with van der Waals surface area (Å²) in [4.78, 5) is 31.9. The second-order valence-electron chi connectivity index (χ2n) is 7.85. The van der Waals surface area contributed by atoms with Gasteiger partial charge in [-0.15, -0.1) is 0 Å². The molecule has 1 heterocycles. The van der Waals surface area contributed by atoms with Crippen LogP contribution in [0.2, 0.25) is 0 Å². The molecule has 8 heteroatoms. The number of aromatic nitrogens is 1. The van der Waals surface area contributed by atoms with E-state index < -0.39 is 5.97 Å². The smallest absolute Gasteiger partial charge is 0.339 e. The summed E-state index contributed by atoms with van der Waals surface area (Å²) in [6.07, 6.45) is 0. The first-order valence-electron chi connectivity index (χ1n) is 10.3. The minimum Gasteiger partial charge on any atom is -0.465 e. The molecule has 0 amide bonds. The quantitative estimate of drug-likeness (QED) is 0.420. The Kier molecular flexibility index (Phi) is 7.61. The molecule has 0 aliphatic heterocycles. The number of pyridine rings is 1. The lowest BCUT2D eigenvalue weighted by Crippen LogP contribution is -2.40. The number of nitrogens with zero attached hydrogens (tertiary/aromatic N) is 2. The number of carbonyl (C=O) groups is 1. The van der Waals surface area contributed by atoms with Crippen LogP contribution in [0.5, 0.6) is 0 Å². The van der Waals surface area contributed by atoms with Gasteiger partial charge in [0, 0.05) is 18.7 Å². The second-order valence-corrected chi connectivity index (χ2v) is 8.24. The number of thiocarbonyl (C=S) groups is 1. The molecule has 168 valence electrons. The molecule has 0 atom stereocenters. The monoisotopic (exact) mass is 452 g/mol. The zero-order valence-corrected chi connectivity index (χ0v) is 19.6. The molecule has 0 fully saturated rings. The van der Waals surface area contributed by atoms with Crippen molar-refractivity contribution in [3.63, 3.8) is 0 Å². The molecule has 3 aromatic rings. The molecule has 1 aromatic heterocycles. The molecular formula is C24H28N4O3S. The number of para-hydroxylation sites is 2. The molecule has 7 nitrogen and oxygen atoms in total. The number of aryl methyl sites for hydroxylation is 1. The van der Waals surface area contributed by atoms with Crippen molar-refractivity contribution in [1.82, 2.24) is 14.8 Å². The number of carbonyl (C=O) groups excluding carboxylic acids is 1. The van der Waals surface area contributed by atoms with E-state index in [1.807, 2.05) is 61.2 Å². The van der Waals surface area contributed by atoms with Crippen LogP contribution in [0.3, 0.4) is 0 Å². The maximum absolute atomic E-state index is 12.8. The van der Waals surface area contributed by atoms with E-state index in [1.165, 1.54) is 7.11 Å². The van der Waals surface area contributed by atoms with Crippen molar-refractivity contribution >= 4 is 39.9 Å². The molecule has 0 aliphatic carbocycles. The number of methoxy groups -OCH3 is 1. The standard InChI is InChI=1S/C24H28N4O3S/c1-16-8-7-9-17-14-18(22(29)26-21(16)17)15-28(13-12-27(2)3)24(32)25-20-11-6-5-10-19(20)23(30)31-4/h5-11,14H,12-13,15H2,1-4H3,(H,25,32)(H,26,29). The molecule has 32 heavy (non-hydrogen) atoms. The fraction of sp³-hybridized carbons (Fsp3) is 0.292. The zero-order chi connectivity index (χ0) is 23.3. The van der Waals surface area contributed by atoms with E-state index in [9.17, 15) is 9.59 Å². The summed E-state index contributed by atoms with van der Waals surface area (Å²) in [5.41, 5.74) is 3.29. The highest BCUT2D eigenvalue weighted by atomic mass is 32.1. The van der Waals surface area contributed by atoms with Gasteiger partial charge in [-0.05, 0) is 62.4 Å². The Morgan fingerprint density at radius 2 is 1.88 bits per heavy atom. The highest BCUT2D eigenvalue weighted by molar-refractivity contribution is 7.80. The van der Waals surface area contributed by atoms with Gasteiger partial charge in [-0.25, -0.2) is 4.79 Å². The number of H-pyrrole nitrogens is 1. The third-order valence-corrected chi connectivity index (χ3v) is 5.56. The topological polar surface area (TPSA) is 77.7 Å². The molecule has 0 aliphatic rings. The highest BCUT2D eigenvalue weighted by Crippen LogP contribution is 2.19. The Morgan fingerprint density at radius 3 is 2.59 bits per heavy atom. The molecule has 0 bridgehead atoms. The number of hydrogen-bond acceptors (Lipinski definition) is 5. The Morgan fingerprint density at radius 1 is 1.12 bits per heavy atom. The van der Waals surface area contributed by atoms with Gasteiger partial charge in [-0.2, -0.15) is 0 Å². The number of benzene rings is 2. The lowest BCUT2D eigenvalue weighted by Gasteiger charge is -2.27. The molecule has 3 rings (SSSR count). The van der Waals surface area contributed by atoms with Crippen molar-refractivity contribution in [3.05, 3.63) is 75.6 Å². The number of anilines is 1. The van der Waals surface area contributed by atoms with E-state index in [0.29, 0.717) is 35.0 Å². The summed E-state index contributed by atoms with van der Waals surface area (Å²) in [5, 5.41) is 4.56. The summed E-state index contributed by atoms with van der Waals surface area (Å²) >= 11 is 5.68. The van der Waals surface area contributed by atoms with Crippen LogP contribution in [0.4, 0.5) is 5.69 Å². The predicted molar refractivity (Wildman–Crippen MR) is 132 cm³/mol. The summed E-state index contributed by atoms with van der Waals surface area (Å²) in [5.74, 6) is -0.447. The third-order valence-electron chi connectivity index (χ3n) is 5.20. The largest absolute Gasteiger partial charge is 0.465 e. The Labute approximate surface area is 193 Å². The second kappa shape index (κ2) is 10.4. The van der Waals surface area contributed by atoms with Gasteiger partial charge in [0.2, 0.25) is 0 Å². The van der Waals surface area contributed by atoms with Crippen molar-refractivity contribution in [2.24, 2.45) is 0 Å². The summed E-state index contributed by atoms with van der Waals surface area (Å²) < 4.78 is 4.87. The van der Waals surface area contributed by atoms with Crippen LogP contribution in [0.25, 0.3) is 10.9 Å². The van der Waals surface area contributed by atoms with E-state index >= 15 is 0 Å². The lowest BCUT2D eigenvalue weighted by atomic mass is 10.1. The first-order chi connectivity index (χ1) is 15.3. The SMILES string of the molecule is COC(=O)c1ccccc1NC(=S)N(CCN(C)C)Cc1cc2cccc(C)c2[nH]c1=O. The average Bonchev–Trinajstić information content (AvgIpc) is 2.77. The Hall–Kier alpha value is -3.23. The van der Waals surface area contributed by atoms with Crippen LogP contribution in [0, 0.1) is 6.92 Å². The minimum absolute atomic E-state index is 0.139. The van der Waals surface area contributed by atoms with Crippen molar-refractivity contribution < 1.29 is 9.53 Å². The van der Waals surface area contributed by atoms with Gasteiger partial charge >= 0.3 is 5.97 Å². The summed E-state index contributed by atoms with van der Waals surface area (Å²) in [6.45, 7) is 3.65. The van der Waals surface area contributed by atoms with Gasteiger partial charge in [-0.3, -0.25) is 4.79 Å². The third kappa shape index (κ3) is 5.52. The van der Waals surface area contributed by atoms with E-state index in [1.54, 1.807) is 18.2 Å². The van der Waals surface area contributed by atoms with Gasteiger partial charge in [0.1, 0.15) is 0 Å². The Balaban J connectivity index is 1.90. The maximum atomic E-state index is 12.8. The van der Waals surface area contributed by atoms with Gasteiger partial charge in [0.05, 0.1) is 30.4 Å². The number of rotatable bonds is 7. The normalized spacial score (nSPS) is 10.9. The fourth-order valence-corrected chi connectivity index (χ4v) is 3.66. The van der Waals surface area contributed by atoms with Crippen LogP contribution in [0.1, 0.15) is 21.5 Å². The van der Waals surface area contributed by atoms with Crippen molar-refractivity contribution in [1.29, 1.82) is 0 Å². The molecule has 2 aromatic carbocycles. The first-order valence-corrected chi connectivity index (χ1v) is 10.7. The van der Waals surface area contributed by atoms with Crippen molar-refractivity contribution in [2.45, 2.75) is 13.5 Å². The van der Waals surface area contributed by atoms with E-state index in [4.69, 9.17) is 17.0 Å². The molecular weight excluding hydrogens is 424 g/mol. The minimum atomic E-state index is -0.447. The number of aromatic amines is 1. The molecule has 2 N–H and O–H groups in total. The van der Waals surface area contributed by atoms with E-state index in [0.717, 1.165) is 23.0 Å². The number of hydrogen-bond donors (Lipinski definition) is 2. The van der Waals surface area contributed by atoms with Gasteiger partial charge in [-0.1, -0.05) is 30.3 Å². The average molecular weight is 453 g/mol. The molecule has 0 radical (unpaired) electrons. The van der Waals surface area contributed by atoms with Crippen molar-refractivity contribution in [3.8, 4) is 0 Å². The summed E-state index contributed by atoms with van der Waals surface area (Å²) in [7, 11) is 5.30. The number of likely N-dealkylation sites (N-methyl/N-ethyl adjacent to an activating group) is 1. The van der Waals surface area contributed by atoms with Gasteiger partial charge in [0.25, 0.3) is 5.56 Å². The van der Waals surface area contributed by atoms with Crippen LogP contribution >= 0.6 is 12.2 Å². The first kappa shape index (κ1) is 23.4. The van der Waals surface area contributed by atoms with E-state index in [-0.39, 0.29) is 5.56 Å². The molecule has 0 spiro atoms. The number of fused-ring (bicyclic) bond motifs is 1. The number of nitrogens with one attached hydrogen (secondary N) is 2. The summed E-state index contributed by atoms with van der Waals surface area (Å²) in [6, 6.07) is 14.9. The van der Waals surface area contributed by atoms with Crippen LogP contribution < -0.4 is 10.9 Å². The zero-order valence-electron chi connectivity index (χ0n) is 18.8. The highest BCUT2D eigenvalue weighted by Gasteiger charge is 2.17.